The van der Waals surface area contributed by atoms with Gasteiger partial charge < -0.3 is 4.74 Å². The van der Waals surface area contributed by atoms with Gasteiger partial charge in [0, 0.05) is 19.5 Å². The van der Waals surface area contributed by atoms with Gasteiger partial charge in [0.15, 0.2) is 0 Å². The number of hydrogen-bond donors (Lipinski definition) is 1. The predicted molar refractivity (Wildman–Crippen MR) is 122 cm³/mol. The summed E-state index contributed by atoms with van der Waals surface area (Å²) in [7, 11) is 1.68. The van der Waals surface area contributed by atoms with Gasteiger partial charge in [0.05, 0.1) is 16.3 Å². The van der Waals surface area contributed by atoms with Crippen LogP contribution in [0.2, 0.25) is 0 Å². The minimum atomic E-state index is -0.525. The number of carbonyl (C=O) groups excluding carboxylic acids is 2. The summed E-state index contributed by atoms with van der Waals surface area (Å²) in [6.45, 7) is 6.24. The maximum Gasteiger partial charge on any atom is 0.264 e. The van der Waals surface area contributed by atoms with Gasteiger partial charge in [-0.2, -0.15) is 0 Å². The Morgan fingerprint density at radius 3 is 2.77 bits per heavy atom. The summed E-state index contributed by atoms with van der Waals surface area (Å²) < 4.78 is 7.37. The molecule has 1 unspecified atom stereocenters. The van der Waals surface area contributed by atoms with Crippen LogP contribution in [0.4, 0.5) is 0 Å². The van der Waals surface area contributed by atoms with Gasteiger partial charge in [-0.25, -0.2) is 4.98 Å². The van der Waals surface area contributed by atoms with Crippen molar-refractivity contribution in [3.8, 4) is 0 Å². The van der Waals surface area contributed by atoms with Crippen LogP contribution in [0, 0.1) is 5.92 Å². The highest BCUT2D eigenvalue weighted by molar-refractivity contribution is 7.82. The fourth-order valence-corrected chi connectivity index (χ4v) is 2.96. The van der Waals surface area contributed by atoms with Gasteiger partial charge in [-0.05, 0) is 37.3 Å². The topological polar surface area (TPSA) is 90.3 Å². The van der Waals surface area contributed by atoms with Crippen LogP contribution in [0.15, 0.2) is 28.8 Å². The standard InChI is InChI=1S/C22H31N3O4S/c1-5-7-8-9-17-13-21(27)25(4)20(24-17)14-29-18(6-2)11-10-16(3)12-19(30)22(28)23-15-26/h8-9,11,13,15-16H,5-7,10,12,14H2,1-4H3,(H,23,26,28)/b9-8-,18-11+. The third kappa shape index (κ3) is 8.82. The Morgan fingerprint density at radius 1 is 1.40 bits per heavy atom. The van der Waals surface area contributed by atoms with Gasteiger partial charge in [0.25, 0.3) is 11.5 Å². The Labute approximate surface area is 183 Å². The molecule has 1 rings (SSSR count). The molecule has 0 saturated carbocycles. The largest absolute Gasteiger partial charge is 0.490 e. The third-order valence-electron chi connectivity index (χ3n) is 4.45. The van der Waals surface area contributed by atoms with Crippen molar-refractivity contribution < 1.29 is 14.3 Å². The van der Waals surface area contributed by atoms with Crippen LogP contribution < -0.4 is 10.9 Å². The Hall–Kier alpha value is -2.61. The Balaban J connectivity index is 2.74. The number of aromatic nitrogens is 2. The van der Waals surface area contributed by atoms with E-state index in [2.05, 4.69) is 17.2 Å². The molecular formula is C22H31N3O4S. The molecule has 7 nitrogen and oxygen atoms in total. The first-order valence-corrected chi connectivity index (χ1v) is 10.6. The number of nitrogens with one attached hydrogen (secondary N) is 1. The van der Waals surface area contributed by atoms with Crippen LogP contribution in [0.5, 0.6) is 0 Å². The molecule has 164 valence electrons. The first-order chi connectivity index (χ1) is 14.3. The molecular weight excluding hydrogens is 402 g/mol. The fourth-order valence-electron chi connectivity index (χ4n) is 2.61. The molecule has 0 aliphatic heterocycles. The number of hydrogen-bond acceptors (Lipinski definition) is 6. The number of rotatable bonds is 13. The summed E-state index contributed by atoms with van der Waals surface area (Å²) >= 11 is 5.05. The second kappa shape index (κ2) is 13.6. The molecule has 1 aromatic rings. The van der Waals surface area contributed by atoms with E-state index in [1.165, 1.54) is 10.6 Å². The minimum absolute atomic E-state index is 0.120. The second-order valence-corrected chi connectivity index (χ2v) is 7.55. The summed E-state index contributed by atoms with van der Waals surface area (Å²) in [5, 5.41) is 2.06. The smallest absolute Gasteiger partial charge is 0.264 e. The van der Waals surface area contributed by atoms with Gasteiger partial charge in [-0.1, -0.05) is 45.5 Å². The van der Waals surface area contributed by atoms with Gasteiger partial charge in [-0.15, -0.1) is 0 Å². The molecule has 0 fully saturated rings. The average Bonchev–Trinajstić information content (AvgIpc) is 2.71. The van der Waals surface area contributed by atoms with Crippen molar-refractivity contribution >= 4 is 35.5 Å². The minimum Gasteiger partial charge on any atom is -0.490 e. The number of imide groups is 1. The van der Waals surface area contributed by atoms with E-state index in [4.69, 9.17) is 17.0 Å². The molecule has 30 heavy (non-hydrogen) atoms. The van der Waals surface area contributed by atoms with Gasteiger partial charge in [-0.3, -0.25) is 24.3 Å². The first-order valence-electron chi connectivity index (χ1n) is 10.1. The number of amides is 2. The van der Waals surface area contributed by atoms with Crippen molar-refractivity contribution in [1.29, 1.82) is 0 Å². The second-order valence-electron chi connectivity index (χ2n) is 7.06. The van der Waals surface area contributed by atoms with Crippen molar-refractivity contribution in [3.05, 3.63) is 45.8 Å². The maximum absolute atomic E-state index is 12.2. The van der Waals surface area contributed by atoms with Gasteiger partial charge in [0.1, 0.15) is 12.4 Å². The summed E-state index contributed by atoms with van der Waals surface area (Å²) in [5.74, 6) is 0.932. The zero-order chi connectivity index (χ0) is 22.5. The van der Waals surface area contributed by atoms with Crippen LogP contribution in [0.3, 0.4) is 0 Å². The normalized spacial score (nSPS) is 12.6. The molecule has 0 aliphatic carbocycles. The van der Waals surface area contributed by atoms with Crippen molar-refractivity contribution in [2.75, 3.05) is 0 Å². The number of thiocarbonyl (C=S) groups is 1. The molecule has 2 amide bonds. The zero-order valence-corrected chi connectivity index (χ0v) is 19.0. The van der Waals surface area contributed by atoms with E-state index in [9.17, 15) is 14.4 Å². The molecule has 1 heterocycles. The molecule has 0 saturated heterocycles. The summed E-state index contributed by atoms with van der Waals surface area (Å²) in [4.78, 5) is 38.8. The molecule has 0 bridgehead atoms. The average molecular weight is 434 g/mol. The van der Waals surface area contributed by atoms with Crippen molar-refractivity contribution in [1.82, 2.24) is 14.9 Å². The van der Waals surface area contributed by atoms with Crippen molar-refractivity contribution in [2.24, 2.45) is 13.0 Å². The van der Waals surface area contributed by atoms with E-state index >= 15 is 0 Å². The molecule has 0 radical (unpaired) electrons. The highest BCUT2D eigenvalue weighted by atomic mass is 32.1. The lowest BCUT2D eigenvalue weighted by Gasteiger charge is -2.13. The van der Waals surface area contributed by atoms with Crippen LogP contribution >= 0.6 is 12.2 Å². The lowest BCUT2D eigenvalue weighted by molar-refractivity contribution is -0.120. The summed E-state index contributed by atoms with van der Waals surface area (Å²) in [6.07, 6.45) is 9.89. The summed E-state index contributed by atoms with van der Waals surface area (Å²) in [6, 6.07) is 1.51. The third-order valence-corrected chi connectivity index (χ3v) is 4.80. The fraction of sp³-hybridized carbons (Fsp3) is 0.500. The molecule has 1 aromatic heterocycles. The van der Waals surface area contributed by atoms with Crippen molar-refractivity contribution in [3.63, 3.8) is 0 Å². The Bertz CT molecular complexity index is 858. The quantitative estimate of drug-likeness (QED) is 0.291. The van der Waals surface area contributed by atoms with Gasteiger partial charge in [0.2, 0.25) is 6.41 Å². The Kier molecular flexibility index (Phi) is 11.5. The molecule has 0 aliphatic rings. The van der Waals surface area contributed by atoms with Crippen LogP contribution in [0.25, 0.3) is 6.08 Å². The van der Waals surface area contributed by atoms with E-state index in [1.807, 2.05) is 32.1 Å². The highest BCUT2D eigenvalue weighted by Gasteiger charge is 2.13. The number of nitrogens with zero attached hydrogens (tertiary/aromatic N) is 2. The van der Waals surface area contributed by atoms with E-state index in [-0.39, 0.29) is 22.9 Å². The number of unbranched alkanes of at least 4 members (excludes halogenated alkanes) is 1. The van der Waals surface area contributed by atoms with Crippen LogP contribution in [-0.4, -0.2) is 26.7 Å². The zero-order valence-electron chi connectivity index (χ0n) is 18.1. The van der Waals surface area contributed by atoms with Gasteiger partial charge >= 0.3 is 0 Å². The molecule has 1 atom stereocenters. The van der Waals surface area contributed by atoms with E-state index < -0.39 is 5.91 Å². The Morgan fingerprint density at radius 2 is 2.13 bits per heavy atom. The number of carbonyl (C=O) groups is 2. The maximum atomic E-state index is 12.2. The van der Waals surface area contributed by atoms with E-state index in [1.54, 1.807) is 7.05 Å². The summed E-state index contributed by atoms with van der Waals surface area (Å²) in [5.41, 5.74) is 0.500. The molecule has 0 aromatic carbocycles. The molecule has 8 heteroatoms. The number of allylic oxidation sites excluding steroid dienone is 3. The van der Waals surface area contributed by atoms with Crippen LogP contribution in [-0.2, 0) is 28.0 Å². The number of ether oxygens (including phenoxy) is 1. The lowest BCUT2D eigenvalue weighted by atomic mass is 10.0. The monoisotopic (exact) mass is 433 g/mol. The van der Waals surface area contributed by atoms with E-state index in [0.29, 0.717) is 37.2 Å². The molecule has 1 N–H and O–H groups in total. The van der Waals surface area contributed by atoms with Crippen LogP contribution in [0.1, 0.15) is 64.4 Å². The van der Waals surface area contributed by atoms with E-state index in [0.717, 1.165) is 18.6 Å². The molecule has 0 spiro atoms. The lowest BCUT2D eigenvalue weighted by Crippen LogP contribution is -2.29. The first kappa shape index (κ1) is 25.4. The SMILES string of the molecule is CCC/C=C\c1cc(=O)n(C)c(CO/C(=C/CC(C)CC(=S)C(=O)NC=O)CC)n1. The van der Waals surface area contributed by atoms with Crippen molar-refractivity contribution in [2.45, 2.75) is 59.5 Å². The highest BCUT2D eigenvalue weighted by Crippen LogP contribution is 2.15. The predicted octanol–water partition coefficient (Wildman–Crippen LogP) is 3.46.